The maximum Gasteiger partial charge on any atom is 0.111 e. The first-order chi connectivity index (χ1) is 5.70. The minimum Gasteiger partial charge on any atom is -0.497 e. The zero-order chi connectivity index (χ0) is 9.40. The van der Waals surface area contributed by atoms with Crippen molar-refractivity contribution in [3.05, 3.63) is 36.8 Å². The van der Waals surface area contributed by atoms with E-state index < -0.39 is 0 Å². The fourth-order valence-electron chi connectivity index (χ4n) is 0.553. The number of allylic oxidation sites excluding steroid dienone is 2. The number of nitrogens with one attached hydrogen (secondary N) is 1. The van der Waals surface area contributed by atoms with Crippen LogP contribution in [0.15, 0.2) is 36.8 Å². The second-order valence-corrected chi connectivity index (χ2v) is 2.24. The lowest BCUT2D eigenvalue weighted by Crippen LogP contribution is -2.20. The highest BCUT2D eigenvalue weighted by Crippen LogP contribution is 1.95. The second-order valence-electron chi connectivity index (χ2n) is 2.24. The van der Waals surface area contributed by atoms with Gasteiger partial charge in [0.2, 0.25) is 0 Å². The van der Waals surface area contributed by atoms with Crippen LogP contribution in [0, 0.1) is 0 Å². The molecule has 0 aliphatic rings. The van der Waals surface area contributed by atoms with Gasteiger partial charge in [-0.2, -0.15) is 0 Å². The van der Waals surface area contributed by atoms with Gasteiger partial charge in [-0.25, -0.2) is 0 Å². The molecule has 12 heavy (non-hydrogen) atoms. The third-order valence-electron chi connectivity index (χ3n) is 1.23. The van der Waals surface area contributed by atoms with Gasteiger partial charge in [-0.15, -0.1) is 0 Å². The molecule has 0 aliphatic carbocycles. The summed E-state index contributed by atoms with van der Waals surface area (Å²) < 4.78 is 4.83. The number of hydrogen-bond acceptors (Lipinski definition) is 3. The van der Waals surface area contributed by atoms with Gasteiger partial charge in [-0.1, -0.05) is 13.2 Å². The molecule has 0 radical (unpaired) electrons. The minimum absolute atomic E-state index is 0.595. The van der Waals surface area contributed by atoms with Crippen LogP contribution in [0.5, 0.6) is 0 Å². The smallest absolute Gasteiger partial charge is 0.111 e. The van der Waals surface area contributed by atoms with Crippen LogP contribution in [-0.4, -0.2) is 20.2 Å². The molecule has 0 aromatic rings. The highest BCUT2D eigenvalue weighted by molar-refractivity contribution is 5.19. The van der Waals surface area contributed by atoms with Crippen LogP contribution in [0.4, 0.5) is 0 Å². The summed E-state index contributed by atoms with van der Waals surface area (Å²) in [5, 5.41) is 3.01. The average Bonchev–Trinajstić information content (AvgIpc) is 2.10. The first kappa shape index (κ1) is 10.8. The fraction of sp³-hybridized carbons (Fsp3) is 0.333. The molecule has 0 aromatic heterocycles. The van der Waals surface area contributed by atoms with E-state index in [1.807, 2.05) is 0 Å². The van der Waals surface area contributed by atoms with Gasteiger partial charge in [0.25, 0.3) is 0 Å². The molecule has 3 nitrogen and oxygen atoms in total. The van der Waals surface area contributed by atoms with E-state index in [9.17, 15) is 0 Å². The van der Waals surface area contributed by atoms with Crippen molar-refractivity contribution in [3.8, 4) is 0 Å². The van der Waals surface area contributed by atoms with E-state index in [0.717, 1.165) is 12.2 Å². The summed E-state index contributed by atoms with van der Waals surface area (Å²) in [5.41, 5.74) is 6.09. The SMILES string of the molecule is C=C(/C=C\C(=C)OC)NCCN. The van der Waals surface area contributed by atoms with Crippen molar-refractivity contribution in [1.29, 1.82) is 0 Å². The summed E-state index contributed by atoms with van der Waals surface area (Å²) in [7, 11) is 1.57. The van der Waals surface area contributed by atoms with Gasteiger partial charge < -0.3 is 15.8 Å². The van der Waals surface area contributed by atoms with Crippen LogP contribution in [0.3, 0.4) is 0 Å². The van der Waals surface area contributed by atoms with Gasteiger partial charge in [-0.05, 0) is 12.2 Å². The highest BCUT2D eigenvalue weighted by atomic mass is 16.5. The Morgan fingerprint density at radius 2 is 2.17 bits per heavy atom. The Bertz CT molecular complexity index is 185. The third kappa shape index (κ3) is 5.56. The lowest BCUT2D eigenvalue weighted by Gasteiger charge is -2.02. The molecule has 0 amide bonds. The zero-order valence-electron chi connectivity index (χ0n) is 7.47. The molecule has 68 valence electrons. The molecular formula is C9H16N2O. The molecule has 0 unspecified atom stereocenters. The quantitative estimate of drug-likeness (QED) is 0.455. The first-order valence-electron chi connectivity index (χ1n) is 3.74. The zero-order valence-corrected chi connectivity index (χ0v) is 7.47. The van der Waals surface area contributed by atoms with E-state index in [-0.39, 0.29) is 0 Å². The molecule has 0 spiro atoms. The summed E-state index contributed by atoms with van der Waals surface area (Å²) in [4.78, 5) is 0. The van der Waals surface area contributed by atoms with Crippen molar-refractivity contribution in [3.63, 3.8) is 0 Å². The first-order valence-corrected chi connectivity index (χ1v) is 3.74. The normalized spacial score (nSPS) is 9.83. The van der Waals surface area contributed by atoms with E-state index in [1.54, 1.807) is 19.3 Å². The molecule has 0 saturated heterocycles. The van der Waals surface area contributed by atoms with Gasteiger partial charge in [-0.3, -0.25) is 0 Å². The van der Waals surface area contributed by atoms with E-state index in [1.165, 1.54) is 0 Å². The third-order valence-corrected chi connectivity index (χ3v) is 1.23. The van der Waals surface area contributed by atoms with E-state index in [2.05, 4.69) is 18.5 Å². The molecule has 0 fully saturated rings. The van der Waals surface area contributed by atoms with E-state index in [4.69, 9.17) is 10.5 Å². The van der Waals surface area contributed by atoms with Crippen LogP contribution in [0.2, 0.25) is 0 Å². The van der Waals surface area contributed by atoms with E-state index >= 15 is 0 Å². The lowest BCUT2D eigenvalue weighted by molar-refractivity contribution is 0.309. The Kier molecular flexibility index (Phi) is 5.83. The van der Waals surface area contributed by atoms with Crippen molar-refractivity contribution in [1.82, 2.24) is 5.32 Å². The van der Waals surface area contributed by atoms with Gasteiger partial charge in [0.15, 0.2) is 0 Å². The highest BCUT2D eigenvalue weighted by Gasteiger charge is 1.86. The number of methoxy groups -OCH3 is 1. The Labute approximate surface area is 73.6 Å². The summed E-state index contributed by atoms with van der Waals surface area (Å²) >= 11 is 0. The Morgan fingerprint density at radius 3 is 2.67 bits per heavy atom. The summed E-state index contributed by atoms with van der Waals surface area (Å²) in [5.74, 6) is 0.602. The van der Waals surface area contributed by atoms with Crippen LogP contribution < -0.4 is 11.1 Å². The largest absolute Gasteiger partial charge is 0.497 e. The van der Waals surface area contributed by atoms with E-state index in [0.29, 0.717) is 12.3 Å². The van der Waals surface area contributed by atoms with Crippen molar-refractivity contribution in [2.75, 3.05) is 20.2 Å². The van der Waals surface area contributed by atoms with Crippen LogP contribution in [0.1, 0.15) is 0 Å². The standard InChI is InChI=1S/C9H16N2O/c1-8(11-7-6-10)4-5-9(2)12-3/h4-5,11H,1-2,6-7,10H2,3H3/b5-4-. The minimum atomic E-state index is 0.595. The second kappa shape index (κ2) is 6.49. The Morgan fingerprint density at radius 1 is 1.50 bits per heavy atom. The molecule has 0 aliphatic heterocycles. The molecule has 0 atom stereocenters. The summed E-state index contributed by atoms with van der Waals surface area (Å²) in [6, 6.07) is 0. The maximum atomic E-state index is 5.29. The predicted octanol–water partition coefficient (Wildman–Crippen LogP) is 0.765. The molecule has 3 heteroatoms. The molecule has 0 saturated carbocycles. The maximum absolute atomic E-state index is 5.29. The number of hydrogen-bond donors (Lipinski definition) is 2. The topological polar surface area (TPSA) is 47.3 Å². The van der Waals surface area contributed by atoms with Crippen LogP contribution in [0.25, 0.3) is 0 Å². The Balaban J connectivity index is 3.67. The fourth-order valence-corrected chi connectivity index (χ4v) is 0.553. The summed E-state index contributed by atoms with van der Waals surface area (Å²) in [6.07, 6.45) is 3.54. The van der Waals surface area contributed by atoms with Crippen molar-refractivity contribution in [2.24, 2.45) is 5.73 Å². The number of ether oxygens (including phenoxy) is 1. The molecular weight excluding hydrogens is 152 g/mol. The van der Waals surface area contributed by atoms with Gasteiger partial charge in [0.05, 0.1) is 7.11 Å². The molecule has 0 aromatic carbocycles. The van der Waals surface area contributed by atoms with Gasteiger partial charge >= 0.3 is 0 Å². The van der Waals surface area contributed by atoms with Gasteiger partial charge in [0, 0.05) is 18.8 Å². The lowest BCUT2D eigenvalue weighted by atomic mass is 10.4. The van der Waals surface area contributed by atoms with Crippen LogP contribution >= 0.6 is 0 Å². The molecule has 0 rings (SSSR count). The monoisotopic (exact) mass is 168 g/mol. The van der Waals surface area contributed by atoms with Crippen LogP contribution in [-0.2, 0) is 4.74 Å². The predicted molar refractivity (Wildman–Crippen MR) is 51.5 cm³/mol. The summed E-state index contributed by atoms with van der Waals surface area (Å²) in [6.45, 7) is 8.69. The number of nitrogens with two attached hydrogens (primary N) is 1. The Hall–Kier alpha value is -1.22. The van der Waals surface area contributed by atoms with Crippen molar-refractivity contribution in [2.45, 2.75) is 0 Å². The molecule has 0 bridgehead atoms. The van der Waals surface area contributed by atoms with Gasteiger partial charge in [0.1, 0.15) is 5.76 Å². The molecule has 0 heterocycles. The number of rotatable bonds is 6. The van der Waals surface area contributed by atoms with Crippen molar-refractivity contribution < 1.29 is 4.74 Å². The average molecular weight is 168 g/mol. The van der Waals surface area contributed by atoms with Crippen molar-refractivity contribution >= 4 is 0 Å². The molecule has 3 N–H and O–H groups in total.